The predicted molar refractivity (Wildman–Crippen MR) is 113 cm³/mol. The average molecular weight is 408 g/mol. The van der Waals surface area contributed by atoms with Crippen molar-refractivity contribution in [3.63, 3.8) is 0 Å². The van der Waals surface area contributed by atoms with E-state index in [-0.39, 0.29) is 5.91 Å². The van der Waals surface area contributed by atoms with Crippen molar-refractivity contribution in [2.24, 2.45) is 0 Å². The van der Waals surface area contributed by atoms with E-state index in [1.54, 1.807) is 23.1 Å². The molecule has 2 aromatic rings. The molecule has 0 saturated carbocycles. The van der Waals surface area contributed by atoms with Crippen LogP contribution in [0.15, 0.2) is 28.6 Å². The Hall–Kier alpha value is -0.760. The Kier molecular flexibility index (Phi) is 6.40. The van der Waals surface area contributed by atoms with E-state index in [1.807, 2.05) is 30.0 Å². The molecule has 0 radical (unpaired) electrons. The first-order valence-corrected chi connectivity index (χ1v) is 12.3. The van der Waals surface area contributed by atoms with Gasteiger partial charge in [-0.3, -0.25) is 4.79 Å². The van der Waals surface area contributed by atoms with Gasteiger partial charge in [0, 0.05) is 18.8 Å². The van der Waals surface area contributed by atoms with Crippen molar-refractivity contribution in [3.05, 3.63) is 24.3 Å². The Morgan fingerprint density at radius 3 is 2.88 bits per heavy atom. The second kappa shape index (κ2) is 8.95. The van der Waals surface area contributed by atoms with Crippen LogP contribution in [-0.2, 0) is 4.79 Å². The monoisotopic (exact) mass is 407 g/mol. The maximum Gasteiger partial charge on any atom is 0.233 e. The standard InChI is InChI=1S/C19H25N3OS3/c23-18(14-25-19-20-16-6-1-2-7-17(16)26-19)22-10-5-11-24-13-15(22)12-21-8-3-4-9-21/h1-2,6-7,15H,3-5,8-14H2/t15-/m1/s1. The molecule has 2 saturated heterocycles. The molecule has 1 aromatic carbocycles. The first kappa shape index (κ1) is 18.6. The van der Waals surface area contributed by atoms with Crippen molar-refractivity contribution in [1.82, 2.24) is 14.8 Å². The number of likely N-dealkylation sites (tertiary alicyclic amines) is 1. The molecular weight excluding hydrogens is 382 g/mol. The molecule has 140 valence electrons. The summed E-state index contributed by atoms with van der Waals surface area (Å²) in [6.07, 6.45) is 3.72. The minimum Gasteiger partial charge on any atom is -0.337 e. The highest BCUT2D eigenvalue weighted by Gasteiger charge is 2.28. The van der Waals surface area contributed by atoms with Crippen molar-refractivity contribution in [2.45, 2.75) is 29.6 Å². The van der Waals surface area contributed by atoms with Gasteiger partial charge in [-0.25, -0.2) is 4.98 Å². The number of carbonyl (C=O) groups is 1. The number of hydrogen-bond donors (Lipinski definition) is 0. The van der Waals surface area contributed by atoms with Crippen LogP contribution in [0.3, 0.4) is 0 Å². The minimum atomic E-state index is 0.279. The number of hydrogen-bond acceptors (Lipinski definition) is 6. The maximum atomic E-state index is 13.0. The predicted octanol–water partition coefficient (Wildman–Crippen LogP) is 3.82. The summed E-state index contributed by atoms with van der Waals surface area (Å²) < 4.78 is 2.19. The molecule has 26 heavy (non-hydrogen) atoms. The van der Waals surface area contributed by atoms with Crippen molar-refractivity contribution in [2.75, 3.05) is 43.4 Å². The van der Waals surface area contributed by atoms with Crippen LogP contribution in [0.4, 0.5) is 0 Å². The van der Waals surface area contributed by atoms with Crippen LogP contribution in [-0.4, -0.2) is 70.2 Å². The number of carbonyl (C=O) groups excluding carboxylic acids is 1. The molecule has 3 heterocycles. The maximum absolute atomic E-state index is 13.0. The molecule has 1 atom stereocenters. The van der Waals surface area contributed by atoms with Crippen molar-refractivity contribution in [1.29, 1.82) is 0 Å². The van der Waals surface area contributed by atoms with Crippen molar-refractivity contribution in [3.8, 4) is 0 Å². The van der Waals surface area contributed by atoms with E-state index in [2.05, 4.69) is 20.9 Å². The largest absolute Gasteiger partial charge is 0.337 e. The van der Waals surface area contributed by atoms with Gasteiger partial charge in [0.1, 0.15) is 0 Å². The zero-order valence-electron chi connectivity index (χ0n) is 14.9. The highest BCUT2D eigenvalue weighted by atomic mass is 32.2. The highest BCUT2D eigenvalue weighted by molar-refractivity contribution is 8.01. The van der Waals surface area contributed by atoms with Gasteiger partial charge < -0.3 is 9.80 Å². The Morgan fingerprint density at radius 1 is 1.19 bits per heavy atom. The smallest absolute Gasteiger partial charge is 0.233 e. The van der Waals surface area contributed by atoms with E-state index in [0.29, 0.717) is 11.8 Å². The third kappa shape index (κ3) is 4.55. The molecule has 0 aliphatic carbocycles. The molecule has 0 spiro atoms. The quantitative estimate of drug-likeness (QED) is 0.704. The molecule has 2 aliphatic rings. The van der Waals surface area contributed by atoms with Gasteiger partial charge in [0.2, 0.25) is 5.91 Å². The Labute approximate surface area is 167 Å². The molecule has 0 unspecified atom stereocenters. The third-order valence-corrected chi connectivity index (χ3v) is 8.38. The molecule has 1 aromatic heterocycles. The Morgan fingerprint density at radius 2 is 2.04 bits per heavy atom. The van der Waals surface area contributed by atoms with Crippen LogP contribution in [0, 0.1) is 0 Å². The van der Waals surface area contributed by atoms with E-state index >= 15 is 0 Å². The fourth-order valence-electron chi connectivity index (χ4n) is 3.69. The SMILES string of the molecule is O=C(CSc1nc2ccccc2s1)N1CCCSC[C@H]1CN1CCCC1. The van der Waals surface area contributed by atoms with Crippen LogP contribution in [0.5, 0.6) is 0 Å². The van der Waals surface area contributed by atoms with Crippen LogP contribution < -0.4 is 0 Å². The minimum absolute atomic E-state index is 0.279. The summed E-state index contributed by atoms with van der Waals surface area (Å²) in [4.78, 5) is 22.3. The fourth-order valence-corrected chi connectivity index (χ4v) is 6.70. The number of amides is 1. The van der Waals surface area contributed by atoms with E-state index in [9.17, 15) is 4.79 Å². The number of benzene rings is 1. The second-order valence-electron chi connectivity index (χ2n) is 6.91. The molecule has 4 rings (SSSR count). The van der Waals surface area contributed by atoms with Gasteiger partial charge in [-0.15, -0.1) is 11.3 Å². The molecule has 4 nitrogen and oxygen atoms in total. The number of thiazole rings is 1. The third-order valence-electron chi connectivity index (χ3n) is 5.02. The molecule has 0 N–H and O–H groups in total. The molecule has 7 heteroatoms. The van der Waals surface area contributed by atoms with Crippen LogP contribution >= 0.6 is 34.9 Å². The molecule has 0 bridgehead atoms. The second-order valence-corrected chi connectivity index (χ2v) is 10.3. The van der Waals surface area contributed by atoms with E-state index in [4.69, 9.17) is 0 Å². The summed E-state index contributed by atoms with van der Waals surface area (Å²) in [6.45, 7) is 4.35. The zero-order chi connectivity index (χ0) is 17.8. The summed E-state index contributed by atoms with van der Waals surface area (Å²) in [6, 6.07) is 8.55. The lowest BCUT2D eigenvalue weighted by molar-refractivity contribution is -0.130. The fraction of sp³-hybridized carbons (Fsp3) is 0.579. The van der Waals surface area contributed by atoms with Crippen LogP contribution in [0.25, 0.3) is 10.2 Å². The molecule has 1 amide bonds. The van der Waals surface area contributed by atoms with Gasteiger partial charge in [0.15, 0.2) is 4.34 Å². The number of para-hydroxylation sites is 1. The summed E-state index contributed by atoms with van der Waals surface area (Å²) >= 11 is 5.29. The van der Waals surface area contributed by atoms with Crippen LogP contribution in [0.1, 0.15) is 19.3 Å². The summed E-state index contributed by atoms with van der Waals surface area (Å²) in [5, 5.41) is 0. The molecular formula is C19H25N3OS3. The van der Waals surface area contributed by atoms with Crippen molar-refractivity contribution >= 4 is 51.0 Å². The lowest BCUT2D eigenvalue weighted by Gasteiger charge is -2.32. The summed E-state index contributed by atoms with van der Waals surface area (Å²) in [5.41, 5.74) is 1.03. The normalized spacial score (nSPS) is 22.0. The van der Waals surface area contributed by atoms with Crippen molar-refractivity contribution < 1.29 is 4.79 Å². The first-order chi connectivity index (χ1) is 12.8. The number of rotatable bonds is 5. The lowest BCUT2D eigenvalue weighted by Crippen LogP contribution is -2.48. The number of thioether (sulfide) groups is 2. The highest BCUT2D eigenvalue weighted by Crippen LogP contribution is 2.30. The summed E-state index contributed by atoms with van der Waals surface area (Å²) in [7, 11) is 0. The van der Waals surface area contributed by atoms with Gasteiger partial charge in [-0.2, -0.15) is 11.8 Å². The van der Waals surface area contributed by atoms with Gasteiger partial charge >= 0.3 is 0 Å². The molecule has 2 aliphatic heterocycles. The van der Waals surface area contributed by atoms with E-state index < -0.39 is 0 Å². The number of nitrogens with zero attached hydrogens (tertiary/aromatic N) is 3. The van der Waals surface area contributed by atoms with Gasteiger partial charge in [0.05, 0.1) is 22.0 Å². The van der Waals surface area contributed by atoms with Crippen LogP contribution in [0.2, 0.25) is 0 Å². The van der Waals surface area contributed by atoms with Gasteiger partial charge in [-0.1, -0.05) is 23.9 Å². The van der Waals surface area contributed by atoms with E-state index in [1.165, 1.54) is 36.4 Å². The summed E-state index contributed by atoms with van der Waals surface area (Å²) in [5.74, 6) is 3.03. The first-order valence-electron chi connectivity index (χ1n) is 9.37. The number of aromatic nitrogens is 1. The lowest BCUT2D eigenvalue weighted by atomic mass is 10.2. The topological polar surface area (TPSA) is 36.4 Å². The Balaban J connectivity index is 1.38. The molecule has 2 fully saturated rings. The Bertz CT molecular complexity index is 711. The van der Waals surface area contributed by atoms with E-state index in [0.717, 1.165) is 35.1 Å². The van der Waals surface area contributed by atoms with Gasteiger partial charge in [-0.05, 0) is 50.2 Å². The average Bonchev–Trinajstić information content (AvgIpc) is 3.25. The van der Waals surface area contributed by atoms with Gasteiger partial charge in [0.25, 0.3) is 0 Å². The number of fused-ring (bicyclic) bond motifs is 1. The zero-order valence-corrected chi connectivity index (χ0v) is 17.4.